The Hall–Kier alpha value is -2.62. The third-order valence-electron chi connectivity index (χ3n) is 2.93. The molecule has 0 radical (unpaired) electrons. The lowest BCUT2D eigenvalue weighted by Gasteiger charge is -2.08. The van der Waals surface area contributed by atoms with Gasteiger partial charge < -0.3 is 5.73 Å². The molecule has 4 heteroatoms. The highest BCUT2D eigenvalue weighted by molar-refractivity contribution is 5.62. The molecule has 1 aromatic heterocycles. The van der Waals surface area contributed by atoms with Crippen molar-refractivity contribution < 1.29 is 4.39 Å². The maximum Gasteiger partial charge on any atom is 0.123 e. The molecular weight excluding hydrogens is 241 g/mol. The smallest absolute Gasteiger partial charge is 0.123 e. The standard InChI is InChI=1S/C15H12FN3/c16-12-3-1-2-11(8-12)15-9-18-10-19(15)14-6-4-13(17)5-7-14/h1-10H,17H2. The molecule has 0 amide bonds. The summed E-state index contributed by atoms with van der Waals surface area (Å²) in [6.45, 7) is 0. The molecule has 1 heterocycles. The summed E-state index contributed by atoms with van der Waals surface area (Å²) in [5.74, 6) is -0.262. The van der Waals surface area contributed by atoms with Crippen molar-refractivity contribution in [1.82, 2.24) is 9.55 Å². The highest BCUT2D eigenvalue weighted by Gasteiger charge is 2.07. The van der Waals surface area contributed by atoms with Gasteiger partial charge in [0.1, 0.15) is 5.82 Å². The fourth-order valence-electron chi connectivity index (χ4n) is 2.00. The molecule has 19 heavy (non-hydrogen) atoms. The molecule has 0 fully saturated rings. The van der Waals surface area contributed by atoms with Crippen LogP contribution in [0.2, 0.25) is 0 Å². The Balaban J connectivity index is 2.10. The van der Waals surface area contributed by atoms with Crippen LogP contribution in [0.15, 0.2) is 61.1 Å². The van der Waals surface area contributed by atoms with Gasteiger partial charge in [-0.05, 0) is 36.4 Å². The second-order valence-electron chi connectivity index (χ2n) is 4.25. The molecule has 0 spiro atoms. The number of anilines is 1. The molecule has 94 valence electrons. The molecule has 0 saturated heterocycles. The van der Waals surface area contributed by atoms with E-state index in [-0.39, 0.29) is 5.82 Å². The van der Waals surface area contributed by atoms with E-state index in [0.717, 1.165) is 16.9 Å². The van der Waals surface area contributed by atoms with Gasteiger partial charge in [-0.25, -0.2) is 9.37 Å². The molecule has 0 unspecified atom stereocenters. The van der Waals surface area contributed by atoms with Crippen LogP contribution >= 0.6 is 0 Å². The number of nitrogens with zero attached hydrogens (tertiary/aromatic N) is 2. The van der Waals surface area contributed by atoms with Gasteiger partial charge in [0.05, 0.1) is 18.2 Å². The molecule has 0 aliphatic carbocycles. The summed E-state index contributed by atoms with van der Waals surface area (Å²) in [5, 5.41) is 0. The van der Waals surface area contributed by atoms with Crippen LogP contribution < -0.4 is 5.73 Å². The Kier molecular flexibility index (Phi) is 2.76. The van der Waals surface area contributed by atoms with Crippen LogP contribution in [-0.4, -0.2) is 9.55 Å². The number of halogens is 1. The van der Waals surface area contributed by atoms with E-state index in [1.165, 1.54) is 12.1 Å². The first kappa shape index (κ1) is 11.5. The lowest BCUT2D eigenvalue weighted by atomic mass is 10.1. The fraction of sp³-hybridized carbons (Fsp3) is 0. The second-order valence-corrected chi connectivity index (χ2v) is 4.25. The van der Waals surface area contributed by atoms with Crippen LogP contribution in [0.5, 0.6) is 0 Å². The summed E-state index contributed by atoms with van der Waals surface area (Å²) in [4.78, 5) is 4.14. The minimum absolute atomic E-state index is 0.262. The molecule has 3 aromatic rings. The van der Waals surface area contributed by atoms with Gasteiger partial charge >= 0.3 is 0 Å². The van der Waals surface area contributed by atoms with E-state index in [2.05, 4.69) is 4.98 Å². The van der Waals surface area contributed by atoms with E-state index < -0.39 is 0 Å². The molecule has 0 aliphatic heterocycles. The highest BCUT2D eigenvalue weighted by Crippen LogP contribution is 2.23. The van der Waals surface area contributed by atoms with Gasteiger partial charge in [0, 0.05) is 16.9 Å². The second kappa shape index (κ2) is 4.57. The summed E-state index contributed by atoms with van der Waals surface area (Å²) >= 11 is 0. The lowest BCUT2D eigenvalue weighted by Crippen LogP contribution is -1.96. The van der Waals surface area contributed by atoms with Crippen LogP contribution in [0, 0.1) is 5.82 Å². The maximum atomic E-state index is 13.3. The number of rotatable bonds is 2. The van der Waals surface area contributed by atoms with Crippen molar-refractivity contribution >= 4 is 5.69 Å². The topological polar surface area (TPSA) is 43.8 Å². The number of aromatic nitrogens is 2. The number of nitrogens with two attached hydrogens (primary N) is 1. The van der Waals surface area contributed by atoms with Crippen molar-refractivity contribution in [3.8, 4) is 16.9 Å². The van der Waals surface area contributed by atoms with Crippen LogP contribution in [0.1, 0.15) is 0 Å². The number of benzene rings is 2. The van der Waals surface area contributed by atoms with E-state index in [4.69, 9.17) is 5.73 Å². The maximum absolute atomic E-state index is 13.3. The molecule has 2 aromatic carbocycles. The van der Waals surface area contributed by atoms with Gasteiger partial charge in [-0.3, -0.25) is 4.57 Å². The number of hydrogen-bond donors (Lipinski definition) is 1. The largest absolute Gasteiger partial charge is 0.399 e. The van der Waals surface area contributed by atoms with Gasteiger partial charge in [-0.1, -0.05) is 12.1 Å². The first-order chi connectivity index (χ1) is 9.24. The van der Waals surface area contributed by atoms with Crippen molar-refractivity contribution in [2.45, 2.75) is 0 Å². The average Bonchev–Trinajstić information content (AvgIpc) is 2.89. The van der Waals surface area contributed by atoms with Crippen LogP contribution in [0.4, 0.5) is 10.1 Å². The number of nitrogen functional groups attached to an aromatic ring is 1. The summed E-state index contributed by atoms with van der Waals surface area (Å²) < 4.78 is 15.2. The summed E-state index contributed by atoms with van der Waals surface area (Å²) in [5.41, 5.74) is 8.94. The van der Waals surface area contributed by atoms with Crippen molar-refractivity contribution in [2.24, 2.45) is 0 Å². The molecule has 3 nitrogen and oxygen atoms in total. The van der Waals surface area contributed by atoms with E-state index in [9.17, 15) is 4.39 Å². The number of hydrogen-bond acceptors (Lipinski definition) is 2. The van der Waals surface area contributed by atoms with E-state index >= 15 is 0 Å². The molecule has 0 saturated carbocycles. The zero-order valence-corrected chi connectivity index (χ0v) is 10.1. The third-order valence-corrected chi connectivity index (χ3v) is 2.93. The molecule has 2 N–H and O–H groups in total. The normalized spacial score (nSPS) is 10.6. The predicted molar refractivity (Wildman–Crippen MR) is 73.4 cm³/mol. The number of imidazole rings is 1. The van der Waals surface area contributed by atoms with Gasteiger partial charge in [0.2, 0.25) is 0 Å². The first-order valence-corrected chi connectivity index (χ1v) is 5.88. The molecule has 3 rings (SSSR count). The summed E-state index contributed by atoms with van der Waals surface area (Å²) in [6.07, 6.45) is 3.41. The average molecular weight is 253 g/mol. The van der Waals surface area contributed by atoms with Gasteiger partial charge in [0.25, 0.3) is 0 Å². The Bertz CT molecular complexity index is 701. The van der Waals surface area contributed by atoms with Gasteiger partial charge in [-0.2, -0.15) is 0 Å². The first-order valence-electron chi connectivity index (χ1n) is 5.88. The Morgan fingerprint density at radius 2 is 1.84 bits per heavy atom. The molecule has 0 aliphatic rings. The molecule has 0 bridgehead atoms. The van der Waals surface area contributed by atoms with Crippen LogP contribution in [0.3, 0.4) is 0 Å². The van der Waals surface area contributed by atoms with Crippen molar-refractivity contribution in [3.63, 3.8) is 0 Å². The van der Waals surface area contributed by atoms with Gasteiger partial charge in [0.15, 0.2) is 0 Å². The fourth-order valence-corrected chi connectivity index (χ4v) is 2.00. The quantitative estimate of drug-likeness (QED) is 0.712. The predicted octanol–water partition coefficient (Wildman–Crippen LogP) is 3.26. The highest BCUT2D eigenvalue weighted by atomic mass is 19.1. The zero-order valence-electron chi connectivity index (χ0n) is 10.1. The Morgan fingerprint density at radius 1 is 1.05 bits per heavy atom. The monoisotopic (exact) mass is 253 g/mol. The Labute approximate surface area is 110 Å². The zero-order chi connectivity index (χ0) is 13.2. The third kappa shape index (κ3) is 2.20. The van der Waals surface area contributed by atoms with Crippen LogP contribution in [-0.2, 0) is 0 Å². The van der Waals surface area contributed by atoms with Crippen molar-refractivity contribution in [3.05, 3.63) is 66.9 Å². The lowest BCUT2D eigenvalue weighted by molar-refractivity contribution is 0.628. The van der Waals surface area contributed by atoms with Crippen molar-refractivity contribution in [1.29, 1.82) is 0 Å². The Morgan fingerprint density at radius 3 is 2.58 bits per heavy atom. The van der Waals surface area contributed by atoms with E-state index in [1.807, 2.05) is 34.9 Å². The molecule has 0 atom stereocenters. The van der Waals surface area contributed by atoms with E-state index in [1.54, 1.807) is 18.6 Å². The minimum atomic E-state index is -0.262. The minimum Gasteiger partial charge on any atom is -0.399 e. The van der Waals surface area contributed by atoms with Crippen LogP contribution in [0.25, 0.3) is 16.9 Å². The van der Waals surface area contributed by atoms with Crippen molar-refractivity contribution in [2.75, 3.05) is 5.73 Å². The SMILES string of the molecule is Nc1ccc(-n2cncc2-c2cccc(F)c2)cc1. The van der Waals surface area contributed by atoms with Gasteiger partial charge in [-0.15, -0.1) is 0 Å². The molecular formula is C15H12FN3. The van der Waals surface area contributed by atoms with E-state index in [0.29, 0.717) is 5.69 Å². The summed E-state index contributed by atoms with van der Waals surface area (Å²) in [6, 6.07) is 13.9. The summed E-state index contributed by atoms with van der Waals surface area (Å²) in [7, 11) is 0.